The highest BCUT2D eigenvalue weighted by Crippen LogP contribution is 2.36. The SMILES string of the molecule is O=C(Nc1cccc(N2CCCC2=O)c1)c1ccc2c(c1)C(=O)c1ccccc1-2. The van der Waals surface area contributed by atoms with Crippen LogP contribution in [0, 0.1) is 0 Å². The normalized spacial score (nSPS) is 14.7. The third-order valence-corrected chi connectivity index (χ3v) is 5.48. The Bertz CT molecular complexity index is 1180. The topological polar surface area (TPSA) is 66.5 Å². The van der Waals surface area contributed by atoms with Crippen LogP contribution in [0.2, 0.25) is 0 Å². The Morgan fingerprint density at radius 2 is 1.62 bits per heavy atom. The molecule has 2 amide bonds. The third kappa shape index (κ3) is 2.91. The van der Waals surface area contributed by atoms with Crippen molar-refractivity contribution < 1.29 is 14.4 Å². The van der Waals surface area contributed by atoms with E-state index in [1.807, 2.05) is 42.5 Å². The lowest BCUT2D eigenvalue weighted by Gasteiger charge is -2.17. The summed E-state index contributed by atoms with van der Waals surface area (Å²) in [6, 6.07) is 20.0. The number of carbonyl (C=O) groups is 3. The monoisotopic (exact) mass is 382 g/mol. The van der Waals surface area contributed by atoms with Gasteiger partial charge < -0.3 is 10.2 Å². The molecule has 0 radical (unpaired) electrons. The van der Waals surface area contributed by atoms with Gasteiger partial charge in [-0.25, -0.2) is 0 Å². The number of benzene rings is 3. The highest BCUT2D eigenvalue weighted by molar-refractivity contribution is 6.22. The molecule has 3 aromatic carbocycles. The van der Waals surface area contributed by atoms with Crippen molar-refractivity contribution in [3.63, 3.8) is 0 Å². The quantitative estimate of drug-likeness (QED) is 0.575. The van der Waals surface area contributed by atoms with E-state index in [4.69, 9.17) is 0 Å². The van der Waals surface area contributed by atoms with Crippen LogP contribution in [0.5, 0.6) is 0 Å². The average molecular weight is 382 g/mol. The van der Waals surface area contributed by atoms with Crippen molar-refractivity contribution in [1.29, 1.82) is 0 Å². The van der Waals surface area contributed by atoms with Gasteiger partial charge in [-0.05, 0) is 47.9 Å². The van der Waals surface area contributed by atoms with E-state index < -0.39 is 0 Å². The van der Waals surface area contributed by atoms with E-state index >= 15 is 0 Å². The van der Waals surface area contributed by atoms with Crippen molar-refractivity contribution >= 4 is 29.0 Å². The standard InChI is InChI=1S/C24H18N2O3/c27-22-9-4-12-26(22)17-6-3-5-16(14-17)25-24(29)15-10-11-19-18-7-1-2-8-20(18)23(28)21(19)13-15/h1-3,5-8,10-11,13-14H,4,9,12H2,(H,25,29). The molecule has 5 rings (SSSR count). The molecule has 5 heteroatoms. The van der Waals surface area contributed by atoms with Crippen LogP contribution in [0.25, 0.3) is 11.1 Å². The fourth-order valence-electron chi connectivity index (χ4n) is 4.05. The van der Waals surface area contributed by atoms with E-state index in [1.165, 1.54) is 0 Å². The number of hydrogen-bond donors (Lipinski definition) is 1. The summed E-state index contributed by atoms with van der Waals surface area (Å²) in [5.74, 6) is -0.244. The summed E-state index contributed by atoms with van der Waals surface area (Å²) in [4.78, 5) is 39.2. The Hall–Kier alpha value is -3.73. The Morgan fingerprint density at radius 1 is 0.828 bits per heavy atom. The highest BCUT2D eigenvalue weighted by Gasteiger charge is 2.27. The lowest BCUT2D eigenvalue weighted by atomic mass is 10.0. The molecule has 0 spiro atoms. The van der Waals surface area contributed by atoms with Gasteiger partial charge in [0.25, 0.3) is 5.91 Å². The van der Waals surface area contributed by atoms with Gasteiger partial charge in [-0.1, -0.05) is 36.4 Å². The smallest absolute Gasteiger partial charge is 0.255 e. The van der Waals surface area contributed by atoms with Crippen LogP contribution in [0.3, 0.4) is 0 Å². The summed E-state index contributed by atoms with van der Waals surface area (Å²) >= 11 is 0. The van der Waals surface area contributed by atoms with Crippen LogP contribution < -0.4 is 10.2 Å². The molecule has 5 nitrogen and oxygen atoms in total. The maximum Gasteiger partial charge on any atom is 0.255 e. The first kappa shape index (κ1) is 17.4. The van der Waals surface area contributed by atoms with Crippen molar-refractivity contribution in [2.45, 2.75) is 12.8 Å². The van der Waals surface area contributed by atoms with Gasteiger partial charge in [-0.15, -0.1) is 0 Å². The molecule has 3 aromatic rings. The fraction of sp³-hybridized carbons (Fsp3) is 0.125. The van der Waals surface area contributed by atoms with Crippen LogP contribution in [0.15, 0.2) is 66.7 Å². The molecule has 142 valence electrons. The third-order valence-electron chi connectivity index (χ3n) is 5.48. The minimum absolute atomic E-state index is 0.0557. The van der Waals surface area contributed by atoms with Crippen molar-refractivity contribution in [3.05, 3.63) is 83.4 Å². The van der Waals surface area contributed by atoms with Gasteiger partial charge in [0.2, 0.25) is 5.91 Å². The van der Waals surface area contributed by atoms with E-state index in [2.05, 4.69) is 5.32 Å². The van der Waals surface area contributed by atoms with Gasteiger partial charge >= 0.3 is 0 Å². The lowest BCUT2D eigenvalue weighted by Crippen LogP contribution is -2.23. The summed E-state index contributed by atoms with van der Waals surface area (Å²) in [6.45, 7) is 0.698. The Balaban J connectivity index is 1.40. The van der Waals surface area contributed by atoms with Crippen LogP contribution in [0.1, 0.15) is 39.1 Å². The molecule has 2 aliphatic rings. The molecule has 1 fully saturated rings. The van der Waals surface area contributed by atoms with E-state index in [1.54, 1.807) is 29.2 Å². The number of nitrogens with zero attached hydrogens (tertiary/aromatic N) is 1. The molecule has 0 saturated carbocycles. The predicted octanol–water partition coefficient (Wildman–Crippen LogP) is 4.28. The molecule has 1 N–H and O–H groups in total. The molecule has 1 saturated heterocycles. The van der Waals surface area contributed by atoms with Crippen molar-refractivity contribution in [3.8, 4) is 11.1 Å². The number of hydrogen-bond acceptors (Lipinski definition) is 3. The first-order chi connectivity index (χ1) is 14.1. The molecular formula is C24H18N2O3. The molecule has 0 atom stereocenters. The Kier molecular flexibility index (Phi) is 4.02. The van der Waals surface area contributed by atoms with Crippen LogP contribution >= 0.6 is 0 Å². The number of anilines is 2. The summed E-state index contributed by atoms with van der Waals surface area (Å²) in [7, 11) is 0. The second-order valence-corrected chi connectivity index (χ2v) is 7.29. The molecular weight excluding hydrogens is 364 g/mol. The van der Waals surface area contributed by atoms with Crippen molar-refractivity contribution in [2.24, 2.45) is 0 Å². The van der Waals surface area contributed by atoms with Crippen LogP contribution in [-0.2, 0) is 4.79 Å². The van der Waals surface area contributed by atoms with E-state index in [0.29, 0.717) is 35.3 Å². The zero-order valence-corrected chi connectivity index (χ0v) is 15.6. The zero-order valence-electron chi connectivity index (χ0n) is 15.6. The lowest BCUT2D eigenvalue weighted by molar-refractivity contribution is -0.117. The van der Waals surface area contributed by atoms with Gasteiger partial charge in [0, 0.05) is 41.0 Å². The highest BCUT2D eigenvalue weighted by atomic mass is 16.2. The number of nitrogens with one attached hydrogen (secondary N) is 1. The zero-order chi connectivity index (χ0) is 20.0. The van der Waals surface area contributed by atoms with E-state index in [0.717, 1.165) is 23.2 Å². The summed E-state index contributed by atoms with van der Waals surface area (Å²) in [6.07, 6.45) is 1.41. The maximum absolute atomic E-state index is 12.8. The van der Waals surface area contributed by atoms with Gasteiger partial charge in [0.05, 0.1) is 0 Å². The molecule has 1 aliphatic heterocycles. The van der Waals surface area contributed by atoms with Crippen LogP contribution in [0.4, 0.5) is 11.4 Å². The summed E-state index contributed by atoms with van der Waals surface area (Å²) < 4.78 is 0. The summed E-state index contributed by atoms with van der Waals surface area (Å²) in [5.41, 5.74) is 4.80. The van der Waals surface area contributed by atoms with Crippen LogP contribution in [-0.4, -0.2) is 24.1 Å². The van der Waals surface area contributed by atoms with Crippen molar-refractivity contribution in [2.75, 3.05) is 16.8 Å². The fourth-order valence-corrected chi connectivity index (χ4v) is 4.05. The van der Waals surface area contributed by atoms with E-state index in [-0.39, 0.29) is 17.6 Å². The Morgan fingerprint density at radius 3 is 2.41 bits per heavy atom. The molecule has 1 heterocycles. The number of carbonyl (C=O) groups excluding carboxylic acids is 3. The molecule has 0 aromatic heterocycles. The molecule has 0 bridgehead atoms. The van der Waals surface area contributed by atoms with E-state index in [9.17, 15) is 14.4 Å². The molecule has 29 heavy (non-hydrogen) atoms. The predicted molar refractivity (Wildman–Crippen MR) is 111 cm³/mol. The van der Waals surface area contributed by atoms with Crippen molar-refractivity contribution in [1.82, 2.24) is 0 Å². The first-order valence-corrected chi connectivity index (χ1v) is 9.62. The van der Waals surface area contributed by atoms with Gasteiger partial charge in [-0.3, -0.25) is 14.4 Å². The number of amides is 2. The first-order valence-electron chi connectivity index (χ1n) is 9.62. The molecule has 1 aliphatic carbocycles. The second-order valence-electron chi connectivity index (χ2n) is 7.29. The Labute approximate surface area is 168 Å². The van der Waals surface area contributed by atoms with Gasteiger partial charge in [0.1, 0.15) is 0 Å². The number of rotatable bonds is 3. The minimum atomic E-state index is -0.290. The maximum atomic E-state index is 12.8. The summed E-state index contributed by atoms with van der Waals surface area (Å²) in [5, 5.41) is 2.88. The van der Waals surface area contributed by atoms with Gasteiger partial charge in [-0.2, -0.15) is 0 Å². The number of fused-ring (bicyclic) bond motifs is 3. The van der Waals surface area contributed by atoms with Gasteiger partial charge in [0.15, 0.2) is 5.78 Å². The second kappa shape index (κ2) is 6.71. The number of ketones is 1. The average Bonchev–Trinajstić information content (AvgIpc) is 3.30. The largest absolute Gasteiger partial charge is 0.322 e. The molecule has 0 unspecified atom stereocenters. The minimum Gasteiger partial charge on any atom is -0.322 e.